The second kappa shape index (κ2) is 8.80. The number of fused-ring (bicyclic) bond motifs is 1. The summed E-state index contributed by atoms with van der Waals surface area (Å²) in [4.78, 5) is 37.7. The number of hydrogen-bond acceptors (Lipinski definition) is 5. The van der Waals surface area contributed by atoms with Gasteiger partial charge in [0.05, 0.1) is 13.2 Å². The largest absolute Gasteiger partial charge is 0.379 e. The number of benzene rings is 1. The molecule has 1 aromatic rings. The third-order valence-electron chi connectivity index (χ3n) is 4.56. The van der Waals surface area contributed by atoms with Gasteiger partial charge < -0.3 is 14.4 Å². The molecule has 2 aliphatic rings. The lowest BCUT2D eigenvalue weighted by molar-refractivity contribution is -0.136. The maximum absolute atomic E-state index is 12.7. The van der Waals surface area contributed by atoms with Gasteiger partial charge in [-0.25, -0.2) is 0 Å². The monoisotopic (exact) mass is 370 g/mol. The zero-order valence-corrected chi connectivity index (χ0v) is 15.2. The van der Waals surface area contributed by atoms with Crippen molar-refractivity contribution in [3.8, 4) is 11.8 Å². The third kappa shape index (κ3) is 4.35. The van der Waals surface area contributed by atoms with Crippen molar-refractivity contribution in [1.82, 2.24) is 10.2 Å². The Hall–Kier alpha value is -2.69. The first-order chi connectivity index (χ1) is 13.1. The number of rotatable bonds is 6. The fourth-order valence-corrected chi connectivity index (χ4v) is 3.22. The maximum Gasteiger partial charge on any atom is 0.255 e. The number of imide groups is 1. The van der Waals surface area contributed by atoms with E-state index in [-0.39, 0.29) is 24.8 Å². The number of hydrogen-bond donors (Lipinski definition) is 1. The van der Waals surface area contributed by atoms with Crippen molar-refractivity contribution in [3.05, 3.63) is 34.9 Å². The van der Waals surface area contributed by atoms with Crippen LogP contribution < -0.4 is 5.32 Å². The minimum absolute atomic E-state index is 0.198. The summed E-state index contributed by atoms with van der Waals surface area (Å²) in [6, 6.07) is 4.76. The Morgan fingerprint density at radius 3 is 2.81 bits per heavy atom. The maximum atomic E-state index is 12.7. The number of carbonyl (C=O) groups excluding carboxylic acids is 3. The van der Waals surface area contributed by atoms with Crippen molar-refractivity contribution in [3.63, 3.8) is 0 Å². The molecule has 0 aliphatic carbocycles. The fraction of sp³-hybridized carbons (Fsp3) is 0.450. The average molecular weight is 370 g/mol. The molecule has 27 heavy (non-hydrogen) atoms. The number of nitrogens with zero attached hydrogens (tertiary/aromatic N) is 1. The number of amides is 3. The molecular formula is C20H22N2O5. The zero-order chi connectivity index (χ0) is 19.2. The topological polar surface area (TPSA) is 84.9 Å². The van der Waals surface area contributed by atoms with Gasteiger partial charge in [-0.2, -0.15) is 0 Å². The minimum atomic E-state index is -0.620. The molecular weight excluding hydrogens is 348 g/mol. The Kier molecular flexibility index (Phi) is 6.22. The zero-order valence-electron chi connectivity index (χ0n) is 15.2. The highest BCUT2D eigenvalue weighted by Crippen LogP contribution is 2.29. The predicted molar refractivity (Wildman–Crippen MR) is 96.7 cm³/mol. The first-order valence-electron chi connectivity index (χ1n) is 9.02. The SMILES string of the molecule is CCOCCOCC#Cc1cccc2c1CN(C1CCC(=O)NC1=O)C2=O. The van der Waals surface area contributed by atoms with Gasteiger partial charge in [-0.3, -0.25) is 19.7 Å². The molecule has 0 bridgehead atoms. The molecule has 0 aromatic heterocycles. The van der Waals surface area contributed by atoms with Crippen LogP contribution in [0.3, 0.4) is 0 Å². The Bertz CT molecular complexity index is 808. The fourth-order valence-electron chi connectivity index (χ4n) is 3.22. The third-order valence-corrected chi connectivity index (χ3v) is 4.56. The predicted octanol–water partition coefficient (Wildman–Crippen LogP) is 0.852. The van der Waals surface area contributed by atoms with Crippen LogP contribution in [0.25, 0.3) is 0 Å². The Morgan fingerprint density at radius 1 is 1.22 bits per heavy atom. The summed E-state index contributed by atoms with van der Waals surface area (Å²) in [6.45, 7) is 4.20. The van der Waals surface area contributed by atoms with E-state index in [9.17, 15) is 14.4 Å². The van der Waals surface area contributed by atoms with E-state index in [2.05, 4.69) is 17.2 Å². The molecule has 3 amide bonds. The van der Waals surface area contributed by atoms with Crippen LogP contribution in [-0.2, 0) is 25.6 Å². The second-order valence-electron chi connectivity index (χ2n) is 6.28. The van der Waals surface area contributed by atoms with E-state index in [1.807, 2.05) is 13.0 Å². The van der Waals surface area contributed by atoms with Gasteiger partial charge >= 0.3 is 0 Å². The molecule has 0 spiro atoms. The summed E-state index contributed by atoms with van der Waals surface area (Å²) in [5.41, 5.74) is 2.13. The minimum Gasteiger partial charge on any atom is -0.379 e. The van der Waals surface area contributed by atoms with Crippen molar-refractivity contribution >= 4 is 17.7 Å². The van der Waals surface area contributed by atoms with E-state index < -0.39 is 11.9 Å². The molecule has 1 unspecified atom stereocenters. The van der Waals surface area contributed by atoms with Crippen LogP contribution in [0.2, 0.25) is 0 Å². The van der Waals surface area contributed by atoms with Crippen LogP contribution in [0.5, 0.6) is 0 Å². The van der Waals surface area contributed by atoms with E-state index in [1.54, 1.807) is 12.1 Å². The smallest absolute Gasteiger partial charge is 0.255 e. The van der Waals surface area contributed by atoms with Crippen molar-refractivity contribution < 1.29 is 23.9 Å². The molecule has 0 radical (unpaired) electrons. The van der Waals surface area contributed by atoms with Gasteiger partial charge in [-0.05, 0) is 31.0 Å². The molecule has 7 heteroatoms. The van der Waals surface area contributed by atoms with Gasteiger partial charge in [0, 0.05) is 30.7 Å². The Morgan fingerprint density at radius 2 is 2.04 bits per heavy atom. The Balaban J connectivity index is 1.67. The lowest BCUT2D eigenvalue weighted by atomic mass is 10.0. The van der Waals surface area contributed by atoms with Gasteiger partial charge in [-0.1, -0.05) is 17.9 Å². The molecule has 1 aromatic carbocycles. The quantitative estimate of drug-likeness (QED) is 0.456. The van der Waals surface area contributed by atoms with Crippen LogP contribution in [0.4, 0.5) is 0 Å². The van der Waals surface area contributed by atoms with E-state index in [1.165, 1.54) is 4.90 Å². The van der Waals surface area contributed by atoms with Gasteiger partial charge in [0.25, 0.3) is 5.91 Å². The highest BCUT2D eigenvalue weighted by atomic mass is 16.5. The van der Waals surface area contributed by atoms with E-state index in [0.29, 0.717) is 38.3 Å². The summed E-state index contributed by atoms with van der Waals surface area (Å²) in [7, 11) is 0. The molecule has 142 valence electrons. The summed E-state index contributed by atoms with van der Waals surface area (Å²) in [6.07, 6.45) is 0.585. The summed E-state index contributed by atoms with van der Waals surface area (Å²) in [5.74, 6) is 5.09. The molecule has 1 N–H and O–H groups in total. The first-order valence-corrected chi connectivity index (χ1v) is 9.02. The van der Waals surface area contributed by atoms with Crippen LogP contribution in [0, 0.1) is 11.8 Å². The lowest BCUT2D eigenvalue weighted by Crippen LogP contribution is -2.52. The Labute approximate surface area is 158 Å². The van der Waals surface area contributed by atoms with Crippen molar-refractivity contribution in [2.24, 2.45) is 0 Å². The molecule has 1 saturated heterocycles. The van der Waals surface area contributed by atoms with Crippen LogP contribution in [0.15, 0.2) is 18.2 Å². The molecule has 1 fully saturated rings. The number of carbonyl (C=O) groups is 3. The average Bonchev–Trinajstić information content (AvgIpc) is 2.98. The molecule has 2 aliphatic heterocycles. The molecule has 3 rings (SSSR count). The molecule has 2 heterocycles. The van der Waals surface area contributed by atoms with Gasteiger partial charge in [0.2, 0.25) is 11.8 Å². The standard InChI is InChI=1S/C20H22N2O5/c1-2-26-11-12-27-10-4-6-14-5-3-7-15-16(14)13-22(20(15)25)17-8-9-18(23)21-19(17)24/h3,5,7,17H,2,8-13H2,1H3,(H,21,23,24). The van der Waals surface area contributed by atoms with Gasteiger partial charge in [-0.15, -0.1) is 0 Å². The lowest BCUT2D eigenvalue weighted by Gasteiger charge is -2.29. The number of ether oxygens (including phenoxy) is 2. The summed E-state index contributed by atoms with van der Waals surface area (Å²) < 4.78 is 10.6. The van der Waals surface area contributed by atoms with Crippen LogP contribution >= 0.6 is 0 Å². The summed E-state index contributed by atoms with van der Waals surface area (Å²) in [5, 5.41) is 2.30. The van der Waals surface area contributed by atoms with E-state index >= 15 is 0 Å². The summed E-state index contributed by atoms with van der Waals surface area (Å²) >= 11 is 0. The number of nitrogens with one attached hydrogen (secondary N) is 1. The van der Waals surface area contributed by atoms with E-state index in [4.69, 9.17) is 9.47 Å². The van der Waals surface area contributed by atoms with Gasteiger partial charge in [0.1, 0.15) is 12.6 Å². The van der Waals surface area contributed by atoms with Crippen molar-refractivity contribution in [1.29, 1.82) is 0 Å². The van der Waals surface area contributed by atoms with E-state index in [0.717, 1.165) is 11.1 Å². The normalized spacial score (nSPS) is 18.8. The van der Waals surface area contributed by atoms with Crippen LogP contribution in [0.1, 0.15) is 41.3 Å². The van der Waals surface area contributed by atoms with Crippen LogP contribution in [-0.4, -0.2) is 55.1 Å². The molecule has 7 nitrogen and oxygen atoms in total. The number of piperidine rings is 1. The molecule has 0 saturated carbocycles. The highest BCUT2D eigenvalue weighted by molar-refractivity contribution is 6.05. The molecule has 1 atom stereocenters. The highest BCUT2D eigenvalue weighted by Gasteiger charge is 2.39. The van der Waals surface area contributed by atoms with Gasteiger partial charge in [0.15, 0.2) is 0 Å². The second-order valence-corrected chi connectivity index (χ2v) is 6.28. The first kappa shape index (κ1) is 19.1. The van der Waals surface area contributed by atoms with Crippen molar-refractivity contribution in [2.45, 2.75) is 32.4 Å². The van der Waals surface area contributed by atoms with Crippen molar-refractivity contribution in [2.75, 3.05) is 26.4 Å².